The summed E-state index contributed by atoms with van der Waals surface area (Å²) < 4.78 is 0. The fourth-order valence-corrected chi connectivity index (χ4v) is 3.70. The van der Waals surface area contributed by atoms with Gasteiger partial charge in [0.25, 0.3) is 0 Å². The number of likely N-dealkylation sites (tertiary alicyclic amines) is 1. The molecule has 1 aliphatic heterocycles. The van der Waals surface area contributed by atoms with Crippen molar-refractivity contribution < 1.29 is 4.79 Å². The number of aryl methyl sites for hydroxylation is 1. The van der Waals surface area contributed by atoms with Gasteiger partial charge in [-0.05, 0) is 45.2 Å². The largest absolute Gasteiger partial charge is 0.356 e. The predicted molar refractivity (Wildman–Crippen MR) is 96.9 cm³/mol. The molecule has 6 heteroatoms. The van der Waals surface area contributed by atoms with Crippen LogP contribution in [0.15, 0.2) is 17.1 Å². The lowest BCUT2D eigenvalue weighted by Gasteiger charge is -2.33. The third-order valence-corrected chi connectivity index (χ3v) is 5.20. The molecule has 0 saturated carbocycles. The summed E-state index contributed by atoms with van der Waals surface area (Å²) in [6.45, 7) is 6.54. The molecule has 0 spiro atoms. The number of aliphatic imine (C=N–C) groups is 1. The van der Waals surface area contributed by atoms with E-state index in [1.165, 1.54) is 16.2 Å². The summed E-state index contributed by atoms with van der Waals surface area (Å²) >= 11 is 1.78. The van der Waals surface area contributed by atoms with Gasteiger partial charge in [-0.15, -0.1) is 11.3 Å². The van der Waals surface area contributed by atoms with Crippen LogP contribution >= 0.6 is 11.3 Å². The van der Waals surface area contributed by atoms with E-state index in [1.807, 2.05) is 4.90 Å². The first-order chi connectivity index (χ1) is 11.1. The molecule has 2 N–H and O–H groups in total. The molecule has 128 valence electrons. The highest BCUT2D eigenvalue weighted by Crippen LogP contribution is 2.17. The second-order valence-electron chi connectivity index (χ2n) is 6.05. The van der Waals surface area contributed by atoms with Gasteiger partial charge in [-0.1, -0.05) is 0 Å². The maximum atomic E-state index is 12.3. The lowest BCUT2D eigenvalue weighted by Crippen LogP contribution is -2.44. The summed E-state index contributed by atoms with van der Waals surface area (Å²) in [5, 5.41) is 6.51. The van der Waals surface area contributed by atoms with Crippen molar-refractivity contribution in [2.75, 3.05) is 20.1 Å². The molecular weight excluding hydrogens is 308 g/mol. The van der Waals surface area contributed by atoms with E-state index in [9.17, 15) is 4.79 Å². The minimum absolute atomic E-state index is 0.244. The number of hydrogen-bond acceptors (Lipinski definition) is 3. The molecule has 1 amide bonds. The minimum atomic E-state index is 0.244. The minimum Gasteiger partial charge on any atom is -0.356 e. The van der Waals surface area contributed by atoms with Gasteiger partial charge in [0.15, 0.2) is 5.96 Å². The summed E-state index contributed by atoms with van der Waals surface area (Å²) in [5.74, 6) is 0.990. The number of nitrogens with zero attached hydrogens (tertiary/aromatic N) is 2. The zero-order valence-electron chi connectivity index (χ0n) is 14.4. The van der Waals surface area contributed by atoms with E-state index in [1.54, 1.807) is 18.4 Å². The monoisotopic (exact) mass is 336 g/mol. The number of carbonyl (C=O) groups excluding carboxylic acids is 1. The lowest BCUT2D eigenvalue weighted by atomic mass is 10.0. The van der Waals surface area contributed by atoms with Crippen LogP contribution in [0.3, 0.4) is 0 Å². The number of hydrogen-bond donors (Lipinski definition) is 2. The van der Waals surface area contributed by atoms with E-state index < -0.39 is 0 Å². The van der Waals surface area contributed by atoms with Gasteiger partial charge in [-0.25, -0.2) is 0 Å². The standard InChI is InChI=1S/C17H28N4OS/c1-13-6-4-5-11-21(13)16(22)9-10-19-17(18-3)20-12-15-8-7-14(2)23-15/h7-8,13H,4-6,9-12H2,1-3H3,(H2,18,19,20). The van der Waals surface area contributed by atoms with Gasteiger partial charge in [0, 0.05) is 42.4 Å². The fraction of sp³-hybridized carbons (Fsp3) is 0.647. The van der Waals surface area contributed by atoms with Crippen molar-refractivity contribution in [3.63, 3.8) is 0 Å². The molecular formula is C17H28N4OS. The number of guanidine groups is 1. The Kier molecular flexibility index (Phi) is 6.89. The van der Waals surface area contributed by atoms with E-state index in [-0.39, 0.29) is 5.91 Å². The molecule has 23 heavy (non-hydrogen) atoms. The quantitative estimate of drug-likeness (QED) is 0.642. The van der Waals surface area contributed by atoms with Crippen LogP contribution in [0.2, 0.25) is 0 Å². The third kappa shape index (κ3) is 5.53. The van der Waals surface area contributed by atoms with Crippen LogP contribution in [0.4, 0.5) is 0 Å². The first kappa shape index (κ1) is 17.8. The van der Waals surface area contributed by atoms with E-state index >= 15 is 0 Å². The Morgan fingerprint density at radius 3 is 2.87 bits per heavy atom. The predicted octanol–water partition coefficient (Wildman–Crippen LogP) is 2.51. The summed E-state index contributed by atoms with van der Waals surface area (Å²) in [4.78, 5) is 21.1. The molecule has 1 unspecified atom stereocenters. The molecule has 5 nitrogen and oxygen atoms in total. The van der Waals surface area contributed by atoms with Gasteiger partial charge >= 0.3 is 0 Å². The Balaban J connectivity index is 1.69. The molecule has 1 saturated heterocycles. The van der Waals surface area contributed by atoms with Crippen LogP contribution in [-0.4, -0.2) is 42.9 Å². The van der Waals surface area contributed by atoms with E-state index in [4.69, 9.17) is 0 Å². The second-order valence-corrected chi connectivity index (χ2v) is 7.42. The number of piperidine rings is 1. The molecule has 1 fully saturated rings. The van der Waals surface area contributed by atoms with Gasteiger partial charge in [0.05, 0.1) is 6.54 Å². The summed E-state index contributed by atoms with van der Waals surface area (Å²) in [7, 11) is 1.75. The Hall–Kier alpha value is -1.56. The van der Waals surface area contributed by atoms with Crippen molar-refractivity contribution in [1.82, 2.24) is 15.5 Å². The Morgan fingerprint density at radius 1 is 1.39 bits per heavy atom. The van der Waals surface area contributed by atoms with Crippen LogP contribution in [0.5, 0.6) is 0 Å². The van der Waals surface area contributed by atoms with Gasteiger partial charge < -0.3 is 15.5 Å². The van der Waals surface area contributed by atoms with Crippen LogP contribution in [-0.2, 0) is 11.3 Å². The second kappa shape index (κ2) is 8.91. The molecule has 1 atom stereocenters. The van der Waals surface area contributed by atoms with E-state index in [2.05, 4.69) is 41.6 Å². The molecule has 0 radical (unpaired) electrons. The van der Waals surface area contributed by atoms with Crippen molar-refractivity contribution in [1.29, 1.82) is 0 Å². The Morgan fingerprint density at radius 2 is 2.22 bits per heavy atom. The fourth-order valence-electron chi connectivity index (χ4n) is 2.87. The number of thiophene rings is 1. The van der Waals surface area contributed by atoms with Crippen molar-refractivity contribution >= 4 is 23.2 Å². The van der Waals surface area contributed by atoms with Gasteiger partial charge in [0.2, 0.25) is 5.91 Å². The molecule has 1 aromatic heterocycles. The normalized spacial score (nSPS) is 18.8. The van der Waals surface area contributed by atoms with E-state index in [0.29, 0.717) is 19.0 Å². The first-order valence-corrected chi connectivity index (χ1v) is 9.21. The number of amides is 1. The molecule has 2 heterocycles. The summed E-state index contributed by atoms with van der Waals surface area (Å²) in [6, 6.07) is 4.63. The SMILES string of the molecule is CN=C(NCCC(=O)N1CCCCC1C)NCc1ccc(C)s1. The molecule has 1 aromatic rings. The third-order valence-electron chi connectivity index (χ3n) is 4.20. The molecule has 0 aliphatic carbocycles. The van der Waals surface area contributed by atoms with E-state index in [0.717, 1.165) is 31.9 Å². The molecule has 1 aliphatic rings. The molecule has 0 bridgehead atoms. The molecule has 2 rings (SSSR count). The molecule has 0 aromatic carbocycles. The van der Waals surface area contributed by atoms with Crippen molar-refractivity contribution in [3.05, 3.63) is 21.9 Å². The average molecular weight is 337 g/mol. The summed E-state index contributed by atoms with van der Waals surface area (Å²) in [5.41, 5.74) is 0. The van der Waals surface area contributed by atoms with Crippen molar-refractivity contribution in [2.45, 2.75) is 52.1 Å². The van der Waals surface area contributed by atoms with Gasteiger partial charge in [-0.3, -0.25) is 9.79 Å². The van der Waals surface area contributed by atoms with Crippen LogP contribution < -0.4 is 10.6 Å². The maximum absolute atomic E-state index is 12.3. The maximum Gasteiger partial charge on any atom is 0.224 e. The number of carbonyl (C=O) groups is 1. The van der Waals surface area contributed by atoms with Gasteiger partial charge in [-0.2, -0.15) is 0 Å². The highest BCUT2D eigenvalue weighted by Gasteiger charge is 2.22. The van der Waals surface area contributed by atoms with Crippen LogP contribution in [0.1, 0.15) is 42.4 Å². The van der Waals surface area contributed by atoms with Crippen molar-refractivity contribution in [3.8, 4) is 0 Å². The number of rotatable bonds is 5. The van der Waals surface area contributed by atoms with Crippen LogP contribution in [0.25, 0.3) is 0 Å². The topological polar surface area (TPSA) is 56.7 Å². The zero-order valence-corrected chi connectivity index (χ0v) is 15.2. The average Bonchev–Trinajstić information content (AvgIpc) is 2.96. The van der Waals surface area contributed by atoms with Gasteiger partial charge in [0.1, 0.15) is 0 Å². The zero-order chi connectivity index (χ0) is 16.7. The van der Waals surface area contributed by atoms with Crippen LogP contribution in [0, 0.1) is 6.92 Å². The highest BCUT2D eigenvalue weighted by atomic mass is 32.1. The first-order valence-electron chi connectivity index (χ1n) is 8.39. The summed E-state index contributed by atoms with van der Waals surface area (Å²) in [6.07, 6.45) is 4.01. The Labute approximate surface area is 143 Å². The van der Waals surface area contributed by atoms with Crippen molar-refractivity contribution in [2.24, 2.45) is 4.99 Å². The lowest BCUT2D eigenvalue weighted by molar-refractivity contribution is -0.134. The number of nitrogens with one attached hydrogen (secondary N) is 2. The smallest absolute Gasteiger partial charge is 0.224 e. The highest BCUT2D eigenvalue weighted by molar-refractivity contribution is 7.11. The Bertz CT molecular complexity index is 540.